The summed E-state index contributed by atoms with van der Waals surface area (Å²) in [5.74, 6) is 0.990. The Morgan fingerprint density at radius 2 is 2.10 bits per heavy atom. The molecule has 116 valence electrons. The summed E-state index contributed by atoms with van der Waals surface area (Å²) in [5, 5.41) is 0.602. The van der Waals surface area contributed by atoms with Crippen molar-refractivity contribution in [1.82, 2.24) is 0 Å². The molecule has 3 nitrogen and oxygen atoms in total. The quantitative estimate of drug-likeness (QED) is 0.848. The van der Waals surface area contributed by atoms with Crippen LogP contribution >= 0.6 is 11.8 Å². The first-order valence-corrected chi connectivity index (χ1v) is 8.65. The molecular weight excluding hydrogens is 282 g/mol. The van der Waals surface area contributed by atoms with Crippen LogP contribution in [0.25, 0.3) is 0 Å². The molecule has 0 amide bonds. The third-order valence-corrected chi connectivity index (χ3v) is 5.80. The third-order valence-electron chi connectivity index (χ3n) is 4.27. The minimum atomic E-state index is -1.05. The van der Waals surface area contributed by atoms with Crippen molar-refractivity contribution in [3.63, 3.8) is 0 Å². The fourth-order valence-electron chi connectivity index (χ4n) is 2.96. The summed E-state index contributed by atoms with van der Waals surface area (Å²) < 4.78 is 4.95. The number of hydrogen-bond acceptors (Lipinski definition) is 4. The first-order chi connectivity index (χ1) is 10.1. The number of nitrogens with two attached hydrogens (primary N) is 1. The lowest BCUT2D eigenvalue weighted by Gasteiger charge is -2.31. The highest BCUT2D eigenvalue weighted by Gasteiger charge is 2.38. The van der Waals surface area contributed by atoms with Gasteiger partial charge in [-0.1, -0.05) is 50.1 Å². The van der Waals surface area contributed by atoms with E-state index in [0.717, 1.165) is 11.5 Å². The summed E-state index contributed by atoms with van der Waals surface area (Å²) in [6.07, 6.45) is 5.04. The molecular formula is C17H25NO2S. The van der Waals surface area contributed by atoms with Crippen LogP contribution < -0.4 is 5.73 Å². The van der Waals surface area contributed by atoms with E-state index in [2.05, 4.69) is 6.92 Å². The number of benzene rings is 1. The molecule has 0 aromatic heterocycles. The van der Waals surface area contributed by atoms with Gasteiger partial charge in [-0.2, -0.15) is 11.8 Å². The first-order valence-electron chi connectivity index (χ1n) is 7.60. The Kier molecular flexibility index (Phi) is 5.71. The summed E-state index contributed by atoms with van der Waals surface area (Å²) in [5.41, 5.74) is 6.20. The molecule has 0 bridgehead atoms. The van der Waals surface area contributed by atoms with Crippen molar-refractivity contribution in [2.24, 2.45) is 11.7 Å². The van der Waals surface area contributed by atoms with Gasteiger partial charge in [-0.15, -0.1) is 0 Å². The third kappa shape index (κ3) is 4.01. The van der Waals surface area contributed by atoms with Gasteiger partial charge in [0, 0.05) is 11.0 Å². The van der Waals surface area contributed by atoms with E-state index in [4.69, 9.17) is 10.5 Å². The smallest absolute Gasteiger partial charge is 0.331 e. The highest BCUT2D eigenvalue weighted by atomic mass is 32.2. The number of carbonyl (C=O) groups excluding carboxylic acids is 1. The molecule has 0 saturated heterocycles. The topological polar surface area (TPSA) is 52.3 Å². The maximum atomic E-state index is 12.2. The largest absolute Gasteiger partial charge is 0.467 e. The number of rotatable bonds is 5. The van der Waals surface area contributed by atoms with Gasteiger partial charge in [0.05, 0.1) is 7.11 Å². The molecule has 1 saturated carbocycles. The average molecular weight is 307 g/mol. The zero-order valence-electron chi connectivity index (χ0n) is 12.9. The zero-order chi connectivity index (χ0) is 15.3. The van der Waals surface area contributed by atoms with Gasteiger partial charge in [-0.25, -0.2) is 4.79 Å². The molecule has 3 unspecified atom stereocenters. The molecule has 0 radical (unpaired) electrons. The lowest BCUT2D eigenvalue weighted by atomic mass is 9.90. The molecule has 2 N–H and O–H groups in total. The minimum Gasteiger partial charge on any atom is -0.467 e. The average Bonchev–Trinajstić information content (AvgIpc) is 2.52. The Labute approximate surface area is 131 Å². The van der Waals surface area contributed by atoms with Crippen LogP contribution in [0.1, 0.15) is 38.2 Å². The van der Waals surface area contributed by atoms with E-state index >= 15 is 0 Å². The standard InChI is InChI=1S/C17H25NO2S/c1-13-7-6-10-15(11-13)21-12-17(18,16(19)20-2)14-8-4-3-5-9-14/h3-5,8-9,13,15H,6-7,10-12,18H2,1-2H3. The predicted octanol–water partition coefficient (Wildman–Crippen LogP) is 3.33. The molecule has 3 atom stereocenters. The van der Waals surface area contributed by atoms with Crippen molar-refractivity contribution < 1.29 is 9.53 Å². The van der Waals surface area contributed by atoms with Crippen molar-refractivity contribution in [2.75, 3.05) is 12.9 Å². The second-order valence-electron chi connectivity index (χ2n) is 6.03. The highest BCUT2D eigenvalue weighted by molar-refractivity contribution is 8.00. The number of hydrogen-bond donors (Lipinski definition) is 1. The lowest BCUT2D eigenvalue weighted by molar-refractivity contribution is -0.146. The molecule has 4 heteroatoms. The number of carbonyl (C=O) groups is 1. The number of methoxy groups -OCH3 is 1. The fourth-order valence-corrected chi connectivity index (χ4v) is 4.54. The van der Waals surface area contributed by atoms with Crippen molar-refractivity contribution in [1.29, 1.82) is 0 Å². The summed E-state index contributed by atoms with van der Waals surface area (Å²) >= 11 is 1.82. The lowest BCUT2D eigenvalue weighted by Crippen LogP contribution is -2.48. The van der Waals surface area contributed by atoms with Gasteiger partial charge in [0.1, 0.15) is 5.54 Å². The highest BCUT2D eigenvalue weighted by Crippen LogP contribution is 2.35. The van der Waals surface area contributed by atoms with Crippen LogP contribution in [0.3, 0.4) is 0 Å². The Morgan fingerprint density at radius 1 is 1.38 bits per heavy atom. The van der Waals surface area contributed by atoms with E-state index in [0.29, 0.717) is 11.0 Å². The van der Waals surface area contributed by atoms with Gasteiger partial charge in [0.15, 0.2) is 0 Å². The Bertz CT molecular complexity index is 465. The van der Waals surface area contributed by atoms with E-state index in [1.54, 1.807) is 0 Å². The molecule has 1 aliphatic rings. The van der Waals surface area contributed by atoms with Gasteiger partial charge in [0.25, 0.3) is 0 Å². The molecule has 1 aliphatic carbocycles. The Morgan fingerprint density at radius 3 is 2.71 bits per heavy atom. The van der Waals surface area contributed by atoms with Crippen LogP contribution in [0, 0.1) is 5.92 Å². The van der Waals surface area contributed by atoms with Gasteiger partial charge in [-0.3, -0.25) is 0 Å². The number of thioether (sulfide) groups is 1. The van der Waals surface area contributed by atoms with Crippen LogP contribution in [0.4, 0.5) is 0 Å². The van der Waals surface area contributed by atoms with Crippen molar-refractivity contribution >= 4 is 17.7 Å². The van der Waals surface area contributed by atoms with E-state index < -0.39 is 5.54 Å². The normalized spacial score (nSPS) is 25.1. The van der Waals surface area contributed by atoms with Gasteiger partial charge in [0.2, 0.25) is 0 Å². The summed E-state index contributed by atoms with van der Waals surface area (Å²) in [6, 6.07) is 9.56. The molecule has 2 rings (SSSR count). The summed E-state index contributed by atoms with van der Waals surface area (Å²) in [7, 11) is 1.40. The van der Waals surface area contributed by atoms with Crippen LogP contribution in [0.5, 0.6) is 0 Å². The van der Waals surface area contributed by atoms with Crippen molar-refractivity contribution in [2.45, 2.75) is 43.4 Å². The Balaban J connectivity index is 2.08. The second kappa shape index (κ2) is 7.32. The van der Waals surface area contributed by atoms with E-state index in [1.807, 2.05) is 42.1 Å². The first kappa shape index (κ1) is 16.4. The Hall–Kier alpha value is -1.00. The second-order valence-corrected chi connectivity index (χ2v) is 7.32. The SMILES string of the molecule is COC(=O)C(N)(CSC1CCCC(C)C1)c1ccccc1. The minimum absolute atomic E-state index is 0.356. The maximum Gasteiger partial charge on any atom is 0.331 e. The van der Waals surface area contributed by atoms with Crippen molar-refractivity contribution in [3.8, 4) is 0 Å². The van der Waals surface area contributed by atoms with Crippen LogP contribution in [0.2, 0.25) is 0 Å². The van der Waals surface area contributed by atoms with Gasteiger partial charge < -0.3 is 10.5 Å². The maximum absolute atomic E-state index is 12.2. The molecule has 0 spiro atoms. The zero-order valence-corrected chi connectivity index (χ0v) is 13.7. The van der Waals surface area contributed by atoms with E-state index in [9.17, 15) is 4.79 Å². The van der Waals surface area contributed by atoms with Crippen LogP contribution in [0.15, 0.2) is 30.3 Å². The molecule has 1 aromatic carbocycles. The molecule has 1 aromatic rings. The molecule has 21 heavy (non-hydrogen) atoms. The molecule has 0 heterocycles. The van der Waals surface area contributed by atoms with E-state index in [1.165, 1.54) is 32.8 Å². The van der Waals surface area contributed by atoms with Crippen molar-refractivity contribution in [3.05, 3.63) is 35.9 Å². The molecule has 1 fully saturated rings. The van der Waals surface area contributed by atoms with Crippen LogP contribution in [-0.4, -0.2) is 24.1 Å². The molecule has 0 aliphatic heterocycles. The monoisotopic (exact) mass is 307 g/mol. The van der Waals surface area contributed by atoms with Gasteiger partial charge >= 0.3 is 5.97 Å². The van der Waals surface area contributed by atoms with Gasteiger partial charge in [-0.05, 0) is 24.3 Å². The van der Waals surface area contributed by atoms with Crippen LogP contribution in [-0.2, 0) is 15.1 Å². The van der Waals surface area contributed by atoms with E-state index in [-0.39, 0.29) is 5.97 Å². The number of ether oxygens (including phenoxy) is 1. The fraction of sp³-hybridized carbons (Fsp3) is 0.588. The summed E-state index contributed by atoms with van der Waals surface area (Å²) in [6.45, 7) is 2.31. The predicted molar refractivity (Wildman–Crippen MR) is 88.2 cm³/mol. The summed E-state index contributed by atoms with van der Waals surface area (Å²) in [4.78, 5) is 12.2. The number of esters is 1.